The van der Waals surface area contributed by atoms with E-state index in [4.69, 9.17) is 48.9 Å². The second kappa shape index (κ2) is 20.4. The maximum absolute atomic E-state index is 15.3. The van der Waals surface area contributed by atoms with Crippen LogP contribution in [0.2, 0.25) is 0 Å². The first-order valence-corrected chi connectivity index (χ1v) is 23.7. The molecule has 9 rings (SSSR count). The van der Waals surface area contributed by atoms with Crippen molar-refractivity contribution in [3.63, 3.8) is 0 Å². The highest BCUT2D eigenvalue weighted by Gasteiger charge is 2.49. The maximum Gasteiger partial charge on any atom is 0.406 e. The fourth-order valence-corrected chi connectivity index (χ4v) is 10.3. The molecule has 0 saturated carbocycles. The summed E-state index contributed by atoms with van der Waals surface area (Å²) in [5.74, 6) is 1.71. The summed E-state index contributed by atoms with van der Waals surface area (Å²) in [6.45, 7) is 0.217. The van der Waals surface area contributed by atoms with E-state index in [1.165, 1.54) is 26.1 Å². The smallest absolute Gasteiger partial charge is 0.406 e. The lowest BCUT2D eigenvalue weighted by atomic mass is 9.80. The number of ether oxygens (including phenoxy) is 6. The third kappa shape index (κ3) is 9.60. The second-order valence-corrected chi connectivity index (χ2v) is 18.5. The highest BCUT2D eigenvalue weighted by atomic mass is 31.2. The molecule has 7 aromatic rings. The van der Waals surface area contributed by atoms with Crippen LogP contribution in [0.1, 0.15) is 35.6 Å². The summed E-state index contributed by atoms with van der Waals surface area (Å²) < 4.78 is 69.0. The monoisotopic (exact) mass is 966 g/mol. The lowest BCUT2D eigenvalue weighted by Crippen LogP contribution is -2.39. The van der Waals surface area contributed by atoms with Gasteiger partial charge >= 0.3 is 7.75 Å². The van der Waals surface area contributed by atoms with Gasteiger partial charge in [-0.05, 0) is 55.1 Å². The van der Waals surface area contributed by atoms with Gasteiger partial charge in [0, 0.05) is 26.6 Å². The van der Waals surface area contributed by atoms with E-state index in [9.17, 15) is 5.11 Å². The van der Waals surface area contributed by atoms with Crippen molar-refractivity contribution in [2.24, 2.45) is 0 Å². The molecule has 6 N–H and O–H groups in total. The molecule has 2 fully saturated rings. The Labute approximate surface area is 397 Å². The number of benzene rings is 3. The number of aliphatic hydroxyl groups excluding tert-OH is 1. The van der Waals surface area contributed by atoms with E-state index in [-0.39, 0.29) is 37.8 Å². The van der Waals surface area contributed by atoms with Gasteiger partial charge in [0.05, 0.1) is 40.1 Å². The highest BCUT2D eigenvalue weighted by molar-refractivity contribution is 7.51. The van der Waals surface area contributed by atoms with Crippen molar-refractivity contribution in [2.75, 3.05) is 73.2 Å². The van der Waals surface area contributed by atoms with Gasteiger partial charge in [-0.15, -0.1) is 0 Å². The van der Waals surface area contributed by atoms with Gasteiger partial charge in [0.15, 0.2) is 29.2 Å². The van der Waals surface area contributed by atoms with E-state index in [2.05, 4.69) is 35.0 Å². The Kier molecular flexibility index (Phi) is 14.2. The molecule has 2 aliphatic rings. The van der Waals surface area contributed by atoms with Crippen molar-refractivity contribution < 1.29 is 47.1 Å². The maximum atomic E-state index is 15.3. The van der Waals surface area contributed by atoms with Crippen molar-refractivity contribution >= 4 is 41.7 Å². The summed E-state index contributed by atoms with van der Waals surface area (Å²) in [6, 6.07) is 25.2. The molecule has 4 aromatic heterocycles. The zero-order valence-corrected chi connectivity index (χ0v) is 39.5. The van der Waals surface area contributed by atoms with Crippen LogP contribution >= 0.6 is 7.75 Å². The number of nitrogens with zero attached hydrogens (tertiary/aromatic N) is 9. The molecule has 0 amide bonds. The number of aliphatic hydroxyl groups is 1. The zero-order chi connectivity index (χ0) is 48.3. The van der Waals surface area contributed by atoms with Crippen LogP contribution in [0.15, 0.2) is 104 Å². The van der Waals surface area contributed by atoms with Gasteiger partial charge in [-0.25, -0.2) is 39.6 Å². The van der Waals surface area contributed by atoms with Crippen molar-refractivity contribution in [3.8, 4) is 11.5 Å². The number of hydrogen-bond acceptors (Lipinski definition) is 19. The minimum atomic E-state index is -4.31. The number of likely N-dealkylation sites (N-methyl/N-ethyl adjacent to an activating group) is 1. The van der Waals surface area contributed by atoms with Gasteiger partial charge in [-0.3, -0.25) is 18.2 Å². The lowest BCUT2D eigenvalue weighted by Gasteiger charge is -2.37. The minimum Gasteiger partial charge on any atom is -0.497 e. The number of rotatable bonds is 20. The number of methoxy groups -OCH3 is 3. The number of hydrogen-bond donors (Lipinski definition) is 4. The molecular formula is C46H55N12O10P. The molecule has 364 valence electrons. The highest BCUT2D eigenvalue weighted by Crippen LogP contribution is 2.51. The Morgan fingerprint density at radius 1 is 0.768 bits per heavy atom. The zero-order valence-electron chi connectivity index (χ0n) is 38.6. The standard InChI is InChI=1S/C46H55N12O10P/c1-56(2)20-19-55-69(60,65-23-35-39(59)40(63-5)45(67-35)58-27-54-38-42(48)50-25-52-44(38)58)68-33-21-36(57-26-53-37-41(47)49-24-51-43(37)57)66-34(33)22-64-46(28-9-7-6-8-10-28,29-11-15-31(61-3)16-12-29)30-13-17-32(62-4)18-14-30/h6-18,24-27,33-36,39-40,45,59H,19-23H2,1-5H3,(H,55,60)(H2,47,49,51)(H2,48,50,52)/t33-,34+,35+,36+,39+,40+,45+,69?/m0/s1. The van der Waals surface area contributed by atoms with E-state index in [0.29, 0.717) is 40.4 Å². The van der Waals surface area contributed by atoms with Crippen molar-refractivity contribution in [1.82, 2.24) is 49.0 Å². The number of nitrogens with two attached hydrogens (primary N) is 2. The van der Waals surface area contributed by atoms with Crippen LogP contribution in [0.25, 0.3) is 22.3 Å². The molecule has 1 unspecified atom stereocenters. The molecule has 0 radical (unpaired) electrons. The average Bonchev–Trinajstić information content (AvgIpc) is 4.16. The molecule has 0 aliphatic carbocycles. The van der Waals surface area contributed by atoms with E-state index in [1.807, 2.05) is 97.9 Å². The van der Waals surface area contributed by atoms with Gasteiger partial charge in [0.1, 0.15) is 77.5 Å². The second-order valence-electron chi connectivity index (χ2n) is 16.8. The van der Waals surface area contributed by atoms with Crippen LogP contribution in [0.5, 0.6) is 11.5 Å². The summed E-state index contributed by atoms with van der Waals surface area (Å²) in [5.41, 5.74) is 15.0. The minimum absolute atomic E-state index is 0.0931. The molecule has 69 heavy (non-hydrogen) atoms. The number of anilines is 2. The predicted octanol–water partition coefficient (Wildman–Crippen LogP) is 4.08. The Morgan fingerprint density at radius 3 is 1.93 bits per heavy atom. The molecule has 2 saturated heterocycles. The van der Waals surface area contributed by atoms with Crippen molar-refractivity contribution in [3.05, 3.63) is 121 Å². The fourth-order valence-electron chi connectivity index (χ4n) is 8.76. The molecule has 6 heterocycles. The van der Waals surface area contributed by atoms with Crippen molar-refractivity contribution in [1.29, 1.82) is 0 Å². The van der Waals surface area contributed by atoms with Gasteiger partial charge in [0.2, 0.25) is 0 Å². The number of nitrogen functional groups attached to an aromatic ring is 2. The SMILES string of the molecule is COc1ccc(C(OC[C@H]2O[C@@H](n3cnc4c(N)ncnc43)C[C@@H]2OP(=O)(NCCN(C)C)OC[C@H]2O[C@@H](n3cnc4c(N)ncnc43)[C@H](OC)[C@@H]2O)(c2ccccc2)c2ccc(OC)cc2)cc1. The van der Waals surface area contributed by atoms with Crippen LogP contribution < -0.4 is 26.0 Å². The first kappa shape index (κ1) is 47.9. The van der Waals surface area contributed by atoms with E-state index < -0.39 is 56.3 Å². The number of aromatic nitrogens is 8. The Balaban J connectivity index is 1.06. The van der Waals surface area contributed by atoms with Crippen LogP contribution in [0, 0.1) is 0 Å². The van der Waals surface area contributed by atoms with Crippen LogP contribution in [0.3, 0.4) is 0 Å². The summed E-state index contributed by atoms with van der Waals surface area (Å²) >= 11 is 0. The summed E-state index contributed by atoms with van der Waals surface area (Å²) in [4.78, 5) is 27.7. The summed E-state index contributed by atoms with van der Waals surface area (Å²) in [6.07, 6.45) is -0.815. The van der Waals surface area contributed by atoms with Crippen LogP contribution in [0.4, 0.5) is 11.6 Å². The molecule has 0 bridgehead atoms. The lowest BCUT2D eigenvalue weighted by molar-refractivity contribution is -0.0924. The molecule has 23 heteroatoms. The summed E-state index contributed by atoms with van der Waals surface area (Å²) in [7, 11) is 4.14. The third-order valence-corrected chi connectivity index (χ3v) is 14.0. The molecular weight excluding hydrogens is 912 g/mol. The van der Waals surface area contributed by atoms with Gasteiger partial charge < -0.3 is 49.9 Å². The molecule has 0 spiro atoms. The fraction of sp³-hybridized carbons (Fsp3) is 0.391. The number of fused-ring (bicyclic) bond motifs is 2. The van der Waals surface area contributed by atoms with Crippen LogP contribution in [-0.4, -0.2) is 141 Å². The molecule has 8 atom stereocenters. The largest absolute Gasteiger partial charge is 0.497 e. The van der Waals surface area contributed by atoms with Gasteiger partial charge in [0.25, 0.3) is 0 Å². The topological polar surface area (TPSA) is 266 Å². The van der Waals surface area contributed by atoms with E-state index in [1.54, 1.807) is 29.7 Å². The Morgan fingerprint density at radius 2 is 1.35 bits per heavy atom. The quantitative estimate of drug-likeness (QED) is 0.0619. The number of imidazole rings is 2. The molecule has 22 nitrogen and oxygen atoms in total. The molecule has 2 aliphatic heterocycles. The first-order chi connectivity index (χ1) is 33.4. The normalized spacial score (nSPS) is 22.7. The van der Waals surface area contributed by atoms with Gasteiger partial charge in [-0.2, -0.15) is 0 Å². The third-order valence-electron chi connectivity index (χ3n) is 12.3. The van der Waals surface area contributed by atoms with Gasteiger partial charge in [-0.1, -0.05) is 54.6 Å². The summed E-state index contributed by atoms with van der Waals surface area (Å²) in [5, 5.41) is 14.6. The van der Waals surface area contributed by atoms with Crippen LogP contribution in [-0.2, 0) is 38.2 Å². The number of nitrogens with one attached hydrogen (secondary N) is 1. The van der Waals surface area contributed by atoms with E-state index >= 15 is 4.57 Å². The predicted molar refractivity (Wildman–Crippen MR) is 252 cm³/mol. The van der Waals surface area contributed by atoms with E-state index in [0.717, 1.165) is 16.7 Å². The Hall–Kier alpha value is -6.17. The first-order valence-electron chi connectivity index (χ1n) is 22.1. The van der Waals surface area contributed by atoms with Crippen molar-refractivity contribution in [2.45, 2.75) is 55.0 Å². The Bertz CT molecular complexity index is 2830. The molecule has 3 aromatic carbocycles. The average molecular weight is 967 g/mol.